The molecule has 2 unspecified atom stereocenters. The minimum absolute atomic E-state index is 0.0953. The molecule has 2 aliphatic heterocycles. The van der Waals surface area contributed by atoms with Crippen LogP contribution < -0.4 is 20.9 Å². The highest BCUT2D eigenvalue weighted by molar-refractivity contribution is 5.92. The van der Waals surface area contributed by atoms with Crippen molar-refractivity contribution in [3.05, 3.63) is 143 Å². The molecule has 4 atom stereocenters. The van der Waals surface area contributed by atoms with Gasteiger partial charge in [-0.1, -0.05) is 50.2 Å². The monoisotopic (exact) mass is 818 g/mol. The molecule has 2 saturated heterocycles. The number of halogens is 4. The van der Waals surface area contributed by atoms with E-state index in [1.165, 1.54) is 41.6 Å². The molecular formula is C46H54F4N4O5. The van der Waals surface area contributed by atoms with Crippen molar-refractivity contribution in [1.29, 1.82) is 0 Å². The van der Waals surface area contributed by atoms with E-state index in [2.05, 4.69) is 65.4 Å². The summed E-state index contributed by atoms with van der Waals surface area (Å²) in [5.41, 5.74) is 11.2. The maximum atomic E-state index is 13.3. The fourth-order valence-corrected chi connectivity index (χ4v) is 6.31. The maximum Gasteiger partial charge on any atom is 0.328 e. The summed E-state index contributed by atoms with van der Waals surface area (Å²) >= 11 is 0. The van der Waals surface area contributed by atoms with Crippen LogP contribution in [0.5, 0.6) is 0 Å². The number of carboxylic acids is 1. The summed E-state index contributed by atoms with van der Waals surface area (Å²) in [7, 11) is 0. The van der Waals surface area contributed by atoms with Crippen LogP contribution in [-0.2, 0) is 19.1 Å². The Balaban J connectivity index is 0.000000216. The number of nitrogens with one attached hydrogen (secondary N) is 1. The van der Waals surface area contributed by atoms with E-state index in [4.69, 9.17) is 20.3 Å². The Morgan fingerprint density at radius 3 is 1.66 bits per heavy atom. The molecule has 4 aromatic rings. The van der Waals surface area contributed by atoms with E-state index in [1.54, 1.807) is 0 Å². The van der Waals surface area contributed by atoms with Gasteiger partial charge in [0.25, 0.3) is 0 Å². The quantitative estimate of drug-likeness (QED) is 0.102. The number of nitrogens with two attached hydrogens (primary N) is 1. The van der Waals surface area contributed by atoms with E-state index in [1.807, 2.05) is 26.0 Å². The first-order valence-electron chi connectivity index (χ1n) is 19.7. The van der Waals surface area contributed by atoms with Crippen molar-refractivity contribution in [1.82, 2.24) is 5.32 Å². The minimum Gasteiger partial charge on any atom is -0.478 e. The number of hydrogen-bond donors (Lipinski definition) is 3. The zero-order valence-electron chi connectivity index (χ0n) is 33.9. The maximum absolute atomic E-state index is 13.3. The molecule has 316 valence electrons. The molecule has 4 aromatic carbocycles. The first-order valence-corrected chi connectivity index (χ1v) is 19.7. The molecule has 6 rings (SSSR count). The predicted octanol–water partition coefficient (Wildman–Crippen LogP) is 8.85. The lowest BCUT2D eigenvalue weighted by Crippen LogP contribution is -2.42. The lowest BCUT2D eigenvalue weighted by atomic mass is 10.1. The van der Waals surface area contributed by atoms with E-state index in [-0.39, 0.29) is 24.1 Å². The van der Waals surface area contributed by atoms with Crippen LogP contribution in [0, 0.1) is 23.3 Å². The number of carboxylic acid groups (broad SMARTS) is 1. The topological polar surface area (TPSA) is 117 Å². The number of nitrogens with zero attached hydrogens (tertiary/aromatic N) is 2. The Kier molecular flexibility index (Phi) is 18.2. The van der Waals surface area contributed by atoms with Gasteiger partial charge in [0.2, 0.25) is 5.91 Å². The highest BCUT2D eigenvalue weighted by Gasteiger charge is 2.21. The van der Waals surface area contributed by atoms with Gasteiger partial charge in [0.05, 0.1) is 31.5 Å². The smallest absolute Gasteiger partial charge is 0.328 e. The molecule has 4 N–H and O–H groups in total. The van der Waals surface area contributed by atoms with Crippen LogP contribution in [0.3, 0.4) is 0 Å². The van der Waals surface area contributed by atoms with E-state index in [0.717, 1.165) is 87.2 Å². The summed E-state index contributed by atoms with van der Waals surface area (Å²) in [6, 6.07) is 23.2. The summed E-state index contributed by atoms with van der Waals surface area (Å²) < 4.78 is 62.6. The predicted molar refractivity (Wildman–Crippen MR) is 225 cm³/mol. The average molecular weight is 819 g/mol. The lowest BCUT2D eigenvalue weighted by molar-refractivity contribution is -0.131. The largest absolute Gasteiger partial charge is 0.478 e. The summed E-state index contributed by atoms with van der Waals surface area (Å²) in [5, 5.41) is 11.1. The summed E-state index contributed by atoms with van der Waals surface area (Å²) in [5.74, 6) is -5.23. The highest BCUT2D eigenvalue weighted by Crippen LogP contribution is 2.24. The van der Waals surface area contributed by atoms with Gasteiger partial charge in [-0.3, -0.25) is 4.79 Å². The van der Waals surface area contributed by atoms with Gasteiger partial charge in [0, 0.05) is 55.7 Å². The Morgan fingerprint density at radius 1 is 0.729 bits per heavy atom. The number of ether oxygens (including phenoxy) is 2. The van der Waals surface area contributed by atoms with Crippen LogP contribution in [0.2, 0.25) is 0 Å². The molecule has 0 aromatic heterocycles. The fraction of sp³-hybridized carbons (Fsp3) is 0.348. The number of anilines is 2. The molecule has 0 saturated carbocycles. The van der Waals surface area contributed by atoms with Gasteiger partial charge in [-0.15, -0.1) is 0 Å². The Morgan fingerprint density at radius 2 is 1.20 bits per heavy atom. The second-order valence-corrected chi connectivity index (χ2v) is 14.3. The van der Waals surface area contributed by atoms with E-state index < -0.39 is 29.2 Å². The third kappa shape index (κ3) is 15.0. The van der Waals surface area contributed by atoms with Gasteiger partial charge in [-0.25, -0.2) is 22.4 Å². The highest BCUT2D eigenvalue weighted by atomic mass is 19.2. The summed E-state index contributed by atoms with van der Waals surface area (Å²) in [6.45, 7) is 13.4. The van der Waals surface area contributed by atoms with Crippen molar-refractivity contribution < 1.29 is 41.7 Å². The number of amides is 1. The molecule has 2 heterocycles. The number of rotatable bonds is 11. The third-order valence-corrected chi connectivity index (χ3v) is 9.78. The average Bonchev–Trinajstić information content (AvgIpc) is 3.25. The van der Waals surface area contributed by atoms with E-state index >= 15 is 0 Å². The number of morpholine rings is 2. The molecule has 2 fully saturated rings. The standard InChI is InChI=1S/C23H26F2N2O2.C14H22N2O.C9H6F2O2/c1-3-20-15-27(11-12-29-20)19-6-4-5-18(14-19)16(2)26-23(28)10-8-17-7-9-21(24)22(25)13-17;1-3-14-10-16(7-8-17-14)13-6-4-5-12(9-13)11(2)15;10-7-3-1-6(5-8(7)11)2-4-9(12)13/h4-10,13-14,16,20H,3,11-12,15H2,1-2H3,(H,26,28);4-6,9,11,14H,3,7-8,10,15H2,1-2H3;1-5H,(H,12,13)/b10-8+;;4-2+/t16-,20?;11-,14?;/m00./s1. The van der Waals surface area contributed by atoms with Gasteiger partial charge in [-0.2, -0.15) is 0 Å². The van der Waals surface area contributed by atoms with Crippen LogP contribution >= 0.6 is 0 Å². The fourth-order valence-electron chi connectivity index (χ4n) is 6.31. The van der Waals surface area contributed by atoms with Gasteiger partial charge in [0.15, 0.2) is 23.3 Å². The van der Waals surface area contributed by atoms with E-state index in [9.17, 15) is 27.2 Å². The third-order valence-electron chi connectivity index (χ3n) is 9.78. The number of hydrogen-bond acceptors (Lipinski definition) is 7. The molecular weight excluding hydrogens is 765 g/mol. The molecule has 9 nitrogen and oxygen atoms in total. The Labute approximate surface area is 344 Å². The van der Waals surface area contributed by atoms with Gasteiger partial charge < -0.3 is 35.4 Å². The number of carbonyl (C=O) groups is 2. The number of benzene rings is 4. The van der Waals surface area contributed by atoms with Gasteiger partial charge in [0.1, 0.15) is 0 Å². The van der Waals surface area contributed by atoms with Crippen molar-refractivity contribution in [3.63, 3.8) is 0 Å². The molecule has 13 heteroatoms. The molecule has 0 radical (unpaired) electrons. The minimum atomic E-state index is -1.13. The second kappa shape index (κ2) is 23.2. The summed E-state index contributed by atoms with van der Waals surface area (Å²) in [6.07, 6.45) is 7.47. The van der Waals surface area contributed by atoms with Crippen molar-refractivity contribution >= 4 is 35.4 Å². The Bertz CT molecular complexity index is 2040. The Hall–Kier alpha value is -5.50. The molecule has 0 aliphatic carbocycles. The lowest BCUT2D eigenvalue weighted by Gasteiger charge is -2.34. The molecule has 0 bridgehead atoms. The van der Waals surface area contributed by atoms with Crippen LogP contribution in [0.25, 0.3) is 12.2 Å². The van der Waals surface area contributed by atoms with Crippen molar-refractivity contribution in [2.24, 2.45) is 5.73 Å². The van der Waals surface area contributed by atoms with Crippen LogP contribution in [0.4, 0.5) is 28.9 Å². The van der Waals surface area contributed by atoms with Crippen LogP contribution in [-0.4, -0.2) is 68.6 Å². The van der Waals surface area contributed by atoms with Crippen LogP contribution in [0.15, 0.2) is 97.1 Å². The van der Waals surface area contributed by atoms with Crippen molar-refractivity contribution in [2.45, 2.75) is 64.8 Å². The van der Waals surface area contributed by atoms with Gasteiger partial charge in [-0.05, 0) is 110 Å². The zero-order valence-corrected chi connectivity index (χ0v) is 33.9. The van der Waals surface area contributed by atoms with Crippen molar-refractivity contribution in [3.8, 4) is 0 Å². The first-order chi connectivity index (χ1) is 28.3. The zero-order chi connectivity index (χ0) is 42.9. The SMILES string of the molecule is CCC1CN(c2cccc([C@H](C)N)c2)CCO1.CCC1CN(c2cccc([C@H](C)NC(=O)/C=C/c3ccc(F)c(F)c3)c2)CCO1.O=C(O)/C=C/c1ccc(F)c(F)c1. The number of carbonyl (C=O) groups excluding carboxylic acids is 1. The molecule has 0 spiro atoms. The van der Waals surface area contributed by atoms with Gasteiger partial charge >= 0.3 is 5.97 Å². The second-order valence-electron chi connectivity index (χ2n) is 14.3. The summed E-state index contributed by atoms with van der Waals surface area (Å²) in [4.78, 5) is 27.0. The molecule has 2 aliphatic rings. The van der Waals surface area contributed by atoms with Crippen molar-refractivity contribution in [2.75, 3.05) is 49.2 Å². The molecule has 1 amide bonds. The van der Waals surface area contributed by atoms with Crippen LogP contribution in [0.1, 0.15) is 74.9 Å². The molecule has 59 heavy (non-hydrogen) atoms. The number of aliphatic carboxylic acids is 1. The normalized spacial score (nSPS) is 17.7. The first kappa shape index (κ1) is 46.2. The van der Waals surface area contributed by atoms with E-state index in [0.29, 0.717) is 23.8 Å².